The van der Waals surface area contributed by atoms with Gasteiger partial charge in [0.1, 0.15) is 5.60 Å². The number of likely N-dealkylation sites (tertiary alicyclic amines) is 1. The molecule has 0 saturated carbocycles. The summed E-state index contributed by atoms with van der Waals surface area (Å²) in [5.74, 6) is 0.541. The van der Waals surface area contributed by atoms with Crippen LogP contribution in [0.1, 0.15) is 33.6 Å². The fraction of sp³-hybridized carbons (Fsp3) is 0.923. The van der Waals surface area contributed by atoms with Gasteiger partial charge in [0.25, 0.3) is 0 Å². The Bertz CT molecular complexity index is 240. The standard InChI is InChI=1S/C13H26N2O2/c1-13(2,3)17-12(16)10-14-9-11-5-7-15(4)8-6-11/h11,14H,5-10H2,1-4H3. The second-order valence-corrected chi connectivity index (χ2v) is 5.96. The lowest BCUT2D eigenvalue weighted by atomic mass is 9.97. The number of esters is 1. The summed E-state index contributed by atoms with van der Waals surface area (Å²) in [6.07, 6.45) is 2.44. The third-order valence-corrected chi connectivity index (χ3v) is 2.96. The number of hydrogen-bond acceptors (Lipinski definition) is 4. The molecule has 0 bridgehead atoms. The molecule has 1 fully saturated rings. The lowest BCUT2D eigenvalue weighted by Crippen LogP contribution is -2.37. The molecule has 100 valence electrons. The average molecular weight is 242 g/mol. The number of ether oxygens (including phenoxy) is 1. The average Bonchev–Trinajstić information content (AvgIpc) is 2.18. The molecular weight excluding hydrogens is 216 g/mol. The van der Waals surface area contributed by atoms with Crippen LogP contribution in [0.15, 0.2) is 0 Å². The van der Waals surface area contributed by atoms with Crippen molar-refractivity contribution >= 4 is 5.97 Å². The van der Waals surface area contributed by atoms with Crippen molar-refractivity contribution in [1.29, 1.82) is 0 Å². The van der Waals surface area contributed by atoms with E-state index in [0.29, 0.717) is 12.5 Å². The Morgan fingerprint density at radius 3 is 2.47 bits per heavy atom. The van der Waals surface area contributed by atoms with Crippen LogP contribution in [0.4, 0.5) is 0 Å². The van der Waals surface area contributed by atoms with Gasteiger partial charge in [0, 0.05) is 0 Å². The SMILES string of the molecule is CN1CCC(CNCC(=O)OC(C)(C)C)CC1. The molecular formula is C13H26N2O2. The summed E-state index contributed by atoms with van der Waals surface area (Å²) in [5.41, 5.74) is -0.383. The predicted molar refractivity (Wildman–Crippen MR) is 68.9 cm³/mol. The highest BCUT2D eigenvalue weighted by atomic mass is 16.6. The first-order valence-corrected chi connectivity index (χ1v) is 6.48. The monoisotopic (exact) mass is 242 g/mol. The van der Waals surface area contributed by atoms with Crippen LogP contribution in [-0.2, 0) is 9.53 Å². The Morgan fingerprint density at radius 1 is 1.35 bits per heavy atom. The van der Waals surface area contributed by atoms with Gasteiger partial charge in [-0.2, -0.15) is 0 Å². The van der Waals surface area contributed by atoms with Crippen molar-refractivity contribution < 1.29 is 9.53 Å². The minimum absolute atomic E-state index is 0.162. The quantitative estimate of drug-likeness (QED) is 0.754. The molecule has 1 aliphatic rings. The molecule has 1 saturated heterocycles. The summed E-state index contributed by atoms with van der Waals surface area (Å²) in [6, 6.07) is 0. The van der Waals surface area contributed by atoms with Gasteiger partial charge < -0.3 is 15.0 Å². The van der Waals surface area contributed by atoms with E-state index >= 15 is 0 Å². The molecule has 0 aromatic rings. The zero-order chi connectivity index (χ0) is 12.9. The Labute approximate surface area is 105 Å². The molecule has 4 heteroatoms. The Kier molecular flexibility index (Phi) is 5.40. The van der Waals surface area contributed by atoms with Crippen molar-refractivity contribution in [3.8, 4) is 0 Å². The second-order valence-electron chi connectivity index (χ2n) is 5.96. The van der Waals surface area contributed by atoms with Crippen molar-refractivity contribution in [3.63, 3.8) is 0 Å². The number of nitrogens with one attached hydrogen (secondary N) is 1. The Hall–Kier alpha value is -0.610. The number of piperidine rings is 1. The molecule has 17 heavy (non-hydrogen) atoms. The van der Waals surface area contributed by atoms with Gasteiger partial charge in [0.05, 0.1) is 6.54 Å². The van der Waals surface area contributed by atoms with Gasteiger partial charge in [0.15, 0.2) is 0 Å². The number of carbonyl (C=O) groups is 1. The summed E-state index contributed by atoms with van der Waals surface area (Å²) in [6.45, 7) is 9.25. The number of rotatable bonds is 4. The molecule has 0 aliphatic carbocycles. The largest absolute Gasteiger partial charge is 0.459 e. The molecule has 0 atom stereocenters. The van der Waals surface area contributed by atoms with Crippen LogP contribution in [0.25, 0.3) is 0 Å². The third kappa shape index (κ3) is 6.64. The molecule has 0 aromatic carbocycles. The summed E-state index contributed by atoms with van der Waals surface area (Å²) in [7, 11) is 2.16. The zero-order valence-corrected chi connectivity index (χ0v) is 11.6. The van der Waals surface area contributed by atoms with E-state index in [2.05, 4.69) is 17.3 Å². The first-order chi connectivity index (χ1) is 7.87. The highest BCUT2D eigenvalue weighted by Crippen LogP contribution is 2.14. The van der Waals surface area contributed by atoms with Gasteiger partial charge in [-0.1, -0.05) is 0 Å². The topological polar surface area (TPSA) is 41.6 Å². The van der Waals surface area contributed by atoms with Gasteiger partial charge in [-0.3, -0.25) is 4.79 Å². The first kappa shape index (κ1) is 14.5. The van der Waals surface area contributed by atoms with Crippen LogP contribution >= 0.6 is 0 Å². The highest BCUT2D eigenvalue weighted by molar-refractivity contribution is 5.72. The molecule has 0 aromatic heterocycles. The summed E-state index contributed by atoms with van der Waals surface area (Å²) >= 11 is 0. The normalized spacial score (nSPS) is 19.3. The maximum atomic E-state index is 11.5. The number of hydrogen-bond donors (Lipinski definition) is 1. The van der Waals surface area contributed by atoms with Crippen LogP contribution in [0.2, 0.25) is 0 Å². The predicted octanol–water partition coefficient (Wildman–Crippen LogP) is 1.26. The minimum Gasteiger partial charge on any atom is -0.459 e. The van der Waals surface area contributed by atoms with Gasteiger partial charge in [0.2, 0.25) is 0 Å². The fourth-order valence-corrected chi connectivity index (χ4v) is 2.02. The molecule has 1 aliphatic heterocycles. The zero-order valence-electron chi connectivity index (χ0n) is 11.6. The molecule has 0 unspecified atom stereocenters. The molecule has 0 radical (unpaired) electrons. The van der Waals surface area contributed by atoms with Crippen LogP contribution < -0.4 is 5.32 Å². The van der Waals surface area contributed by atoms with Gasteiger partial charge in [-0.25, -0.2) is 0 Å². The molecule has 1 heterocycles. The van der Waals surface area contributed by atoms with E-state index in [1.165, 1.54) is 25.9 Å². The van der Waals surface area contributed by atoms with Gasteiger partial charge in [-0.15, -0.1) is 0 Å². The van der Waals surface area contributed by atoms with E-state index in [9.17, 15) is 4.79 Å². The van der Waals surface area contributed by atoms with E-state index in [4.69, 9.17) is 4.74 Å². The van der Waals surface area contributed by atoms with E-state index in [1.54, 1.807) is 0 Å². The van der Waals surface area contributed by atoms with Crippen molar-refractivity contribution in [1.82, 2.24) is 10.2 Å². The number of carbonyl (C=O) groups excluding carboxylic acids is 1. The van der Waals surface area contributed by atoms with Crippen molar-refractivity contribution in [2.24, 2.45) is 5.92 Å². The second kappa shape index (κ2) is 6.36. The van der Waals surface area contributed by atoms with Crippen molar-refractivity contribution in [2.45, 2.75) is 39.2 Å². The van der Waals surface area contributed by atoms with Crippen molar-refractivity contribution in [2.75, 3.05) is 33.2 Å². The van der Waals surface area contributed by atoms with Crippen molar-refractivity contribution in [3.05, 3.63) is 0 Å². The van der Waals surface area contributed by atoms with Crippen LogP contribution in [-0.4, -0.2) is 49.7 Å². The van der Waals surface area contributed by atoms with E-state index in [1.807, 2.05) is 20.8 Å². The smallest absolute Gasteiger partial charge is 0.320 e. The lowest BCUT2D eigenvalue weighted by molar-refractivity contribution is -0.153. The molecule has 1 rings (SSSR count). The molecule has 0 spiro atoms. The van der Waals surface area contributed by atoms with Crippen LogP contribution in [0, 0.1) is 5.92 Å². The summed E-state index contributed by atoms with van der Waals surface area (Å²) in [5, 5.41) is 3.20. The lowest BCUT2D eigenvalue weighted by Gasteiger charge is -2.29. The number of nitrogens with zero attached hydrogens (tertiary/aromatic N) is 1. The summed E-state index contributed by atoms with van der Waals surface area (Å²) in [4.78, 5) is 13.8. The maximum absolute atomic E-state index is 11.5. The molecule has 4 nitrogen and oxygen atoms in total. The highest BCUT2D eigenvalue weighted by Gasteiger charge is 2.18. The maximum Gasteiger partial charge on any atom is 0.320 e. The van der Waals surface area contributed by atoms with Gasteiger partial charge >= 0.3 is 5.97 Å². The van der Waals surface area contributed by atoms with Gasteiger partial charge in [-0.05, 0) is 66.2 Å². The van der Waals surface area contributed by atoms with E-state index in [-0.39, 0.29) is 11.6 Å². The van der Waals surface area contributed by atoms with E-state index < -0.39 is 0 Å². The minimum atomic E-state index is -0.383. The Balaban J connectivity index is 2.09. The van der Waals surface area contributed by atoms with Crippen LogP contribution in [0.3, 0.4) is 0 Å². The Morgan fingerprint density at radius 2 is 1.94 bits per heavy atom. The molecule has 1 N–H and O–H groups in total. The third-order valence-electron chi connectivity index (χ3n) is 2.96. The van der Waals surface area contributed by atoms with Crippen LogP contribution in [0.5, 0.6) is 0 Å². The fourth-order valence-electron chi connectivity index (χ4n) is 2.02. The molecule has 0 amide bonds. The first-order valence-electron chi connectivity index (χ1n) is 6.48. The summed E-state index contributed by atoms with van der Waals surface area (Å²) < 4.78 is 5.23. The van der Waals surface area contributed by atoms with E-state index in [0.717, 1.165) is 6.54 Å².